The maximum Gasteiger partial charge on any atom is 0.224 e. The van der Waals surface area contributed by atoms with Crippen LogP contribution in [-0.4, -0.2) is 48.9 Å². The number of pyridine rings is 1. The van der Waals surface area contributed by atoms with E-state index < -0.39 is 0 Å². The summed E-state index contributed by atoms with van der Waals surface area (Å²) in [5.74, 6) is 0.644. The number of amides is 2. The van der Waals surface area contributed by atoms with Crippen LogP contribution in [0.2, 0.25) is 0 Å². The first kappa shape index (κ1) is 19.4. The van der Waals surface area contributed by atoms with E-state index in [1.165, 1.54) is 6.92 Å². The van der Waals surface area contributed by atoms with Crippen LogP contribution < -0.4 is 9.64 Å². The molecule has 0 N–H and O–H groups in total. The maximum atomic E-state index is 12.4. The standard InChI is InChI=1S/C20H25N3O3/c1-16(24)23(18-4-6-19(26-3)7-5-18)15-11-20(25)22(2)14-10-17-8-12-21-13-9-17/h4-9,12-13H,10-11,14-15H2,1-3H3. The molecule has 0 radical (unpaired) electrons. The maximum absolute atomic E-state index is 12.4. The number of aromatic nitrogens is 1. The Morgan fingerprint density at radius 2 is 1.69 bits per heavy atom. The molecular formula is C20H25N3O3. The molecule has 0 spiro atoms. The average molecular weight is 355 g/mol. The Kier molecular flexibility index (Phi) is 7.14. The van der Waals surface area contributed by atoms with E-state index >= 15 is 0 Å². The molecular weight excluding hydrogens is 330 g/mol. The number of hydrogen-bond acceptors (Lipinski definition) is 4. The highest BCUT2D eigenvalue weighted by Crippen LogP contribution is 2.19. The minimum atomic E-state index is -0.0950. The molecule has 6 heteroatoms. The normalized spacial score (nSPS) is 10.3. The number of nitrogens with zero attached hydrogens (tertiary/aromatic N) is 3. The monoisotopic (exact) mass is 355 g/mol. The SMILES string of the molecule is COc1ccc(N(CCC(=O)N(C)CCc2ccncc2)C(C)=O)cc1. The highest BCUT2D eigenvalue weighted by Gasteiger charge is 2.15. The molecule has 0 bridgehead atoms. The van der Waals surface area contributed by atoms with Gasteiger partial charge >= 0.3 is 0 Å². The molecule has 0 saturated heterocycles. The van der Waals surface area contributed by atoms with Gasteiger partial charge in [-0.1, -0.05) is 0 Å². The summed E-state index contributed by atoms with van der Waals surface area (Å²) in [6.07, 6.45) is 4.55. The van der Waals surface area contributed by atoms with Crippen molar-refractivity contribution in [1.29, 1.82) is 0 Å². The second kappa shape index (κ2) is 9.56. The summed E-state index contributed by atoms with van der Waals surface area (Å²) >= 11 is 0. The first-order valence-electron chi connectivity index (χ1n) is 8.56. The second-order valence-corrected chi connectivity index (χ2v) is 6.04. The number of rotatable bonds is 8. The van der Waals surface area contributed by atoms with Gasteiger partial charge in [0.05, 0.1) is 7.11 Å². The second-order valence-electron chi connectivity index (χ2n) is 6.04. The predicted octanol–water partition coefficient (Wildman–Crippen LogP) is 2.53. The minimum Gasteiger partial charge on any atom is -0.497 e. The number of ether oxygens (including phenoxy) is 1. The van der Waals surface area contributed by atoms with E-state index in [2.05, 4.69) is 4.98 Å². The zero-order valence-corrected chi connectivity index (χ0v) is 15.5. The topological polar surface area (TPSA) is 62.7 Å². The van der Waals surface area contributed by atoms with Crippen LogP contribution in [0.5, 0.6) is 5.75 Å². The zero-order chi connectivity index (χ0) is 18.9. The molecule has 0 atom stereocenters. The number of carbonyl (C=O) groups excluding carboxylic acids is 2. The van der Waals surface area contributed by atoms with E-state index in [1.807, 2.05) is 24.3 Å². The van der Waals surface area contributed by atoms with E-state index in [0.717, 1.165) is 23.4 Å². The third-order valence-corrected chi connectivity index (χ3v) is 4.22. The van der Waals surface area contributed by atoms with Crippen molar-refractivity contribution in [2.45, 2.75) is 19.8 Å². The van der Waals surface area contributed by atoms with Crippen molar-refractivity contribution in [3.8, 4) is 5.75 Å². The van der Waals surface area contributed by atoms with Crippen molar-refractivity contribution in [1.82, 2.24) is 9.88 Å². The molecule has 6 nitrogen and oxygen atoms in total. The van der Waals surface area contributed by atoms with Gasteiger partial charge in [0.15, 0.2) is 0 Å². The van der Waals surface area contributed by atoms with Crippen LogP contribution in [-0.2, 0) is 16.0 Å². The zero-order valence-electron chi connectivity index (χ0n) is 15.5. The van der Waals surface area contributed by atoms with Crippen LogP contribution in [0.25, 0.3) is 0 Å². The highest BCUT2D eigenvalue weighted by atomic mass is 16.5. The van der Waals surface area contributed by atoms with E-state index in [9.17, 15) is 9.59 Å². The predicted molar refractivity (Wildman–Crippen MR) is 101 cm³/mol. The van der Waals surface area contributed by atoms with Gasteiger partial charge < -0.3 is 14.5 Å². The summed E-state index contributed by atoms with van der Waals surface area (Å²) in [5.41, 5.74) is 1.90. The summed E-state index contributed by atoms with van der Waals surface area (Å²) in [4.78, 5) is 31.6. The summed E-state index contributed by atoms with van der Waals surface area (Å²) < 4.78 is 5.13. The lowest BCUT2D eigenvalue weighted by Crippen LogP contribution is -2.35. The Morgan fingerprint density at radius 1 is 1.04 bits per heavy atom. The molecule has 0 aliphatic rings. The van der Waals surface area contributed by atoms with Crippen molar-refractivity contribution in [2.24, 2.45) is 0 Å². The van der Waals surface area contributed by atoms with Gasteiger partial charge in [-0.3, -0.25) is 14.6 Å². The van der Waals surface area contributed by atoms with Crippen molar-refractivity contribution in [3.05, 3.63) is 54.4 Å². The van der Waals surface area contributed by atoms with Crippen molar-refractivity contribution in [3.63, 3.8) is 0 Å². The van der Waals surface area contributed by atoms with Crippen LogP contribution in [0.15, 0.2) is 48.8 Å². The average Bonchev–Trinajstić information content (AvgIpc) is 2.67. The lowest BCUT2D eigenvalue weighted by atomic mass is 10.2. The van der Waals surface area contributed by atoms with Gasteiger partial charge in [-0.2, -0.15) is 0 Å². The lowest BCUT2D eigenvalue weighted by molar-refractivity contribution is -0.129. The number of anilines is 1. The molecule has 26 heavy (non-hydrogen) atoms. The Morgan fingerprint density at radius 3 is 2.27 bits per heavy atom. The number of likely N-dealkylation sites (N-methyl/N-ethyl adjacent to an activating group) is 1. The van der Waals surface area contributed by atoms with Gasteiger partial charge in [0.2, 0.25) is 11.8 Å². The lowest BCUT2D eigenvalue weighted by Gasteiger charge is -2.23. The number of carbonyl (C=O) groups is 2. The molecule has 2 rings (SSSR count). The molecule has 0 saturated carbocycles. The molecule has 2 aromatic rings. The van der Waals surface area contributed by atoms with E-state index in [-0.39, 0.29) is 18.2 Å². The Hall–Kier alpha value is -2.89. The van der Waals surface area contributed by atoms with E-state index in [1.54, 1.807) is 48.5 Å². The number of methoxy groups -OCH3 is 1. The van der Waals surface area contributed by atoms with Crippen LogP contribution in [0.4, 0.5) is 5.69 Å². The van der Waals surface area contributed by atoms with Gasteiger partial charge in [0.1, 0.15) is 5.75 Å². The smallest absolute Gasteiger partial charge is 0.224 e. The molecule has 0 aliphatic carbocycles. The molecule has 1 heterocycles. The Balaban J connectivity index is 1.88. The summed E-state index contributed by atoms with van der Waals surface area (Å²) in [6.45, 7) is 2.48. The molecule has 1 aromatic heterocycles. The van der Waals surface area contributed by atoms with Crippen LogP contribution in [0.1, 0.15) is 18.9 Å². The van der Waals surface area contributed by atoms with Gasteiger partial charge in [-0.15, -0.1) is 0 Å². The van der Waals surface area contributed by atoms with Gasteiger partial charge in [-0.05, 0) is 48.4 Å². The third kappa shape index (κ3) is 5.58. The summed E-state index contributed by atoms with van der Waals surface area (Å²) in [7, 11) is 3.38. The van der Waals surface area contributed by atoms with E-state index in [0.29, 0.717) is 13.1 Å². The molecule has 0 fully saturated rings. The number of hydrogen-bond donors (Lipinski definition) is 0. The summed E-state index contributed by atoms with van der Waals surface area (Å²) in [5, 5.41) is 0. The first-order valence-corrected chi connectivity index (χ1v) is 8.56. The molecule has 0 aliphatic heterocycles. The quantitative estimate of drug-likeness (QED) is 0.730. The summed E-state index contributed by atoms with van der Waals surface area (Å²) in [6, 6.07) is 11.1. The van der Waals surface area contributed by atoms with Gasteiger partial charge in [0.25, 0.3) is 0 Å². The van der Waals surface area contributed by atoms with Crippen molar-refractivity contribution < 1.29 is 14.3 Å². The van der Waals surface area contributed by atoms with E-state index in [4.69, 9.17) is 4.74 Å². The van der Waals surface area contributed by atoms with Crippen LogP contribution in [0, 0.1) is 0 Å². The molecule has 1 aromatic carbocycles. The minimum absolute atomic E-state index is 0.0128. The Labute approximate surface area is 154 Å². The van der Waals surface area contributed by atoms with Crippen LogP contribution >= 0.6 is 0 Å². The van der Waals surface area contributed by atoms with Crippen molar-refractivity contribution >= 4 is 17.5 Å². The van der Waals surface area contributed by atoms with Crippen LogP contribution in [0.3, 0.4) is 0 Å². The fourth-order valence-corrected chi connectivity index (χ4v) is 2.60. The van der Waals surface area contributed by atoms with Crippen molar-refractivity contribution in [2.75, 3.05) is 32.1 Å². The third-order valence-electron chi connectivity index (χ3n) is 4.22. The molecule has 2 amide bonds. The van der Waals surface area contributed by atoms with Gasteiger partial charge in [0, 0.05) is 51.6 Å². The largest absolute Gasteiger partial charge is 0.497 e. The van der Waals surface area contributed by atoms with Gasteiger partial charge in [-0.25, -0.2) is 0 Å². The Bertz CT molecular complexity index is 717. The molecule has 0 unspecified atom stereocenters. The fourth-order valence-electron chi connectivity index (χ4n) is 2.60. The molecule has 138 valence electrons. The fraction of sp³-hybridized carbons (Fsp3) is 0.350. The first-order chi connectivity index (χ1) is 12.5. The number of benzene rings is 1. The highest BCUT2D eigenvalue weighted by molar-refractivity contribution is 5.92.